The van der Waals surface area contributed by atoms with Crippen molar-refractivity contribution in [2.24, 2.45) is 5.73 Å². The summed E-state index contributed by atoms with van der Waals surface area (Å²) in [5.74, 6) is 0. The molecular formula is C12H15F3N2O2S. The van der Waals surface area contributed by atoms with Gasteiger partial charge in [-0.15, -0.1) is 0 Å². The molecule has 0 spiro atoms. The third-order valence-corrected chi connectivity index (χ3v) is 5.12. The molecule has 2 rings (SSSR count). The highest BCUT2D eigenvalue weighted by Gasteiger charge is 2.32. The van der Waals surface area contributed by atoms with Gasteiger partial charge in [-0.2, -0.15) is 17.5 Å². The van der Waals surface area contributed by atoms with E-state index in [-0.39, 0.29) is 17.5 Å². The smallest absolute Gasteiger partial charge is 0.327 e. The molecule has 20 heavy (non-hydrogen) atoms. The molecule has 1 aliphatic rings. The van der Waals surface area contributed by atoms with Gasteiger partial charge < -0.3 is 5.73 Å². The van der Waals surface area contributed by atoms with Crippen molar-refractivity contribution in [3.63, 3.8) is 0 Å². The predicted molar refractivity (Wildman–Crippen MR) is 67.4 cm³/mol. The molecule has 1 aromatic rings. The van der Waals surface area contributed by atoms with Crippen molar-refractivity contribution in [2.45, 2.75) is 30.0 Å². The van der Waals surface area contributed by atoms with Crippen LogP contribution in [-0.4, -0.2) is 31.9 Å². The standard InChI is InChI=1S/C12H15F3N2O2S/c13-12(14,15)9-3-5-11(6-4-9)20(18,19)17-7-1-2-10(16)8-17/h3-6,10H,1-2,7-8,16H2. The summed E-state index contributed by atoms with van der Waals surface area (Å²) in [6.07, 6.45) is -3.07. The predicted octanol–water partition coefficient (Wildman–Crippen LogP) is 1.82. The molecule has 0 aromatic heterocycles. The van der Waals surface area contributed by atoms with Gasteiger partial charge in [0.15, 0.2) is 0 Å². The summed E-state index contributed by atoms with van der Waals surface area (Å²) in [5, 5.41) is 0. The van der Waals surface area contributed by atoms with E-state index >= 15 is 0 Å². The molecule has 0 saturated carbocycles. The van der Waals surface area contributed by atoms with Crippen LogP contribution in [-0.2, 0) is 16.2 Å². The summed E-state index contributed by atoms with van der Waals surface area (Å²) in [7, 11) is -3.77. The lowest BCUT2D eigenvalue weighted by atomic mass is 10.1. The normalized spacial score (nSPS) is 21.9. The van der Waals surface area contributed by atoms with Crippen LogP contribution in [0.2, 0.25) is 0 Å². The van der Waals surface area contributed by atoms with E-state index in [0.29, 0.717) is 13.0 Å². The van der Waals surface area contributed by atoms with Crippen molar-refractivity contribution in [2.75, 3.05) is 13.1 Å². The van der Waals surface area contributed by atoms with Crippen LogP contribution in [0.3, 0.4) is 0 Å². The molecule has 112 valence electrons. The van der Waals surface area contributed by atoms with Crippen molar-refractivity contribution in [1.82, 2.24) is 4.31 Å². The monoisotopic (exact) mass is 308 g/mol. The highest BCUT2D eigenvalue weighted by molar-refractivity contribution is 7.89. The number of nitrogens with two attached hydrogens (primary N) is 1. The van der Waals surface area contributed by atoms with Crippen LogP contribution < -0.4 is 5.73 Å². The first kappa shape index (κ1) is 15.3. The second kappa shape index (κ2) is 5.34. The summed E-state index contributed by atoms with van der Waals surface area (Å²) in [4.78, 5) is -0.139. The van der Waals surface area contributed by atoms with Gasteiger partial charge in [-0.05, 0) is 37.1 Å². The van der Waals surface area contributed by atoms with Crippen LogP contribution in [0, 0.1) is 0 Å². The fourth-order valence-electron chi connectivity index (χ4n) is 2.16. The Morgan fingerprint density at radius 2 is 1.80 bits per heavy atom. The second-order valence-electron chi connectivity index (χ2n) is 4.79. The van der Waals surface area contributed by atoms with Crippen molar-refractivity contribution in [3.05, 3.63) is 29.8 Å². The average Bonchev–Trinajstić information content (AvgIpc) is 2.38. The summed E-state index contributed by atoms with van der Waals surface area (Å²) >= 11 is 0. The minimum absolute atomic E-state index is 0.139. The van der Waals surface area contributed by atoms with E-state index < -0.39 is 21.8 Å². The van der Waals surface area contributed by atoms with Crippen LogP contribution in [0.25, 0.3) is 0 Å². The fraction of sp³-hybridized carbons (Fsp3) is 0.500. The van der Waals surface area contributed by atoms with E-state index in [9.17, 15) is 21.6 Å². The highest BCUT2D eigenvalue weighted by atomic mass is 32.2. The number of hydrogen-bond acceptors (Lipinski definition) is 3. The molecule has 1 aliphatic heterocycles. The highest BCUT2D eigenvalue weighted by Crippen LogP contribution is 2.30. The van der Waals surface area contributed by atoms with Crippen molar-refractivity contribution in [1.29, 1.82) is 0 Å². The molecule has 1 unspecified atom stereocenters. The van der Waals surface area contributed by atoms with Gasteiger partial charge >= 0.3 is 6.18 Å². The summed E-state index contributed by atoms with van der Waals surface area (Å²) in [5.41, 5.74) is 4.86. The lowest BCUT2D eigenvalue weighted by Gasteiger charge is -2.29. The van der Waals surface area contributed by atoms with Gasteiger partial charge in [0, 0.05) is 19.1 Å². The first-order chi connectivity index (χ1) is 9.21. The molecule has 1 heterocycles. The molecule has 0 bridgehead atoms. The van der Waals surface area contributed by atoms with Crippen LogP contribution in [0.15, 0.2) is 29.2 Å². The Balaban J connectivity index is 2.26. The molecule has 8 heteroatoms. The quantitative estimate of drug-likeness (QED) is 0.906. The number of halogens is 3. The molecule has 1 atom stereocenters. The molecule has 1 aromatic carbocycles. The van der Waals surface area contributed by atoms with Crippen LogP contribution in [0.1, 0.15) is 18.4 Å². The number of hydrogen-bond donors (Lipinski definition) is 1. The fourth-order valence-corrected chi connectivity index (χ4v) is 3.69. The van der Waals surface area contributed by atoms with Gasteiger partial charge in [-0.25, -0.2) is 8.42 Å². The molecule has 0 radical (unpaired) electrons. The van der Waals surface area contributed by atoms with Crippen molar-refractivity contribution < 1.29 is 21.6 Å². The summed E-state index contributed by atoms with van der Waals surface area (Å²) < 4.78 is 63.1. The van der Waals surface area contributed by atoms with Crippen LogP contribution in [0.4, 0.5) is 13.2 Å². The Morgan fingerprint density at radius 3 is 2.30 bits per heavy atom. The Kier molecular flexibility index (Phi) is 4.08. The van der Waals surface area contributed by atoms with E-state index in [1.807, 2.05) is 0 Å². The summed E-state index contributed by atoms with van der Waals surface area (Å²) in [6.45, 7) is 0.542. The number of benzene rings is 1. The Labute approximate surface area is 115 Å². The Morgan fingerprint density at radius 1 is 1.20 bits per heavy atom. The average molecular weight is 308 g/mol. The topological polar surface area (TPSA) is 63.4 Å². The maximum absolute atomic E-state index is 12.4. The lowest BCUT2D eigenvalue weighted by Crippen LogP contribution is -2.45. The number of nitrogens with zero attached hydrogens (tertiary/aromatic N) is 1. The van der Waals surface area contributed by atoms with E-state index in [4.69, 9.17) is 5.73 Å². The minimum Gasteiger partial charge on any atom is -0.327 e. The zero-order valence-corrected chi connectivity index (χ0v) is 11.4. The van der Waals surface area contributed by atoms with Gasteiger partial charge in [0.2, 0.25) is 10.0 Å². The first-order valence-corrected chi connectivity index (χ1v) is 7.58. The molecule has 1 fully saturated rings. The largest absolute Gasteiger partial charge is 0.416 e. The number of rotatable bonds is 2. The number of sulfonamides is 1. The van der Waals surface area contributed by atoms with E-state index in [2.05, 4.69) is 0 Å². The maximum atomic E-state index is 12.4. The minimum atomic E-state index is -4.48. The van der Waals surface area contributed by atoms with E-state index in [1.165, 1.54) is 4.31 Å². The lowest BCUT2D eigenvalue weighted by molar-refractivity contribution is -0.137. The molecule has 2 N–H and O–H groups in total. The molecule has 4 nitrogen and oxygen atoms in total. The number of piperidine rings is 1. The molecule has 0 aliphatic carbocycles. The molecule has 1 saturated heterocycles. The van der Waals surface area contributed by atoms with Gasteiger partial charge in [0.1, 0.15) is 0 Å². The summed E-state index contributed by atoms with van der Waals surface area (Å²) in [6, 6.07) is 3.29. The number of alkyl halides is 3. The van der Waals surface area contributed by atoms with Gasteiger partial charge in [0.05, 0.1) is 10.5 Å². The Hall–Kier alpha value is -1.12. The third-order valence-electron chi connectivity index (χ3n) is 3.24. The second-order valence-corrected chi connectivity index (χ2v) is 6.73. The zero-order valence-electron chi connectivity index (χ0n) is 10.6. The van der Waals surface area contributed by atoms with Crippen LogP contribution >= 0.6 is 0 Å². The maximum Gasteiger partial charge on any atom is 0.416 e. The van der Waals surface area contributed by atoms with Gasteiger partial charge in [0.25, 0.3) is 0 Å². The first-order valence-electron chi connectivity index (χ1n) is 6.14. The molecule has 0 amide bonds. The van der Waals surface area contributed by atoms with Gasteiger partial charge in [-0.1, -0.05) is 0 Å². The van der Waals surface area contributed by atoms with E-state index in [1.54, 1.807) is 0 Å². The van der Waals surface area contributed by atoms with Crippen molar-refractivity contribution >= 4 is 10.0 Å². The molecular weight excluding hydrogens is 293 g/mol. The van der Waals surface area contributed by atoms with Crippen LogP contribution in [0.5, 0.6) is 0 Å². The Bertz CT molecular complexity index is 569. The van der Waals surface area contributed by atoms with E-state index in [0.717, 1.165) is 30.7 Å². The van der Waals surface area contributed by atoms with Crippen molar-refractivity contribution in [3.8, 4) is 0 Å². The SMILES string of the molecule is NC1CCCN(S(=O)(=O)c2ccc(C(F)(F)F)cc2)C1. The zero-order chi connectivity index (χ0) is 15.0. The third kappa shape index (κ3) is 3.13. The van der Waals surface area contributed by atoms with Gasteiger partial charge in [-0.3, -0.25) is 0 Å².